The molecule has 0 unspecified atom stereocenters. The van der Waals surface area contributed by atoms with Crippen LogP contribution in [0.1, 0.15) is 75.2 Å². The first-order valence-corrected chi connectivity index (χ1v) is 13.0. The minimum atomic E-state index is -1.84. The van der Waals surface area contributed by atoms with Gasteiger partial charge in [-0.3, -0.25) is 4.79 Å². The largest absolute Gasteiger partial charge is 0.416 e. The lowest BCUT2D eigenvalue weighted by atomic mass is 9.56. The summed E-state index contributed by atoms with van der Waals surface area (Å²) in [5, 5.41) is 0. The van der Waals surface area contributed by atoms with Crippen LogP contribution in [-0.4, -0.2) is 20.7 Å². The zero-order valence-electron chi connectivity index (χ0n) is 18.6. The van der Waals surface area contributed by atoms with E-state index < -0.39 is 8.32 Å². The molecule has 0 aromatic rings. The number of ketones is 1. The molecule has 0 radical (unpaired) electrons. The highest BCUT2D eigenvalue weighted by Crippen LogP contribution is 2.51. The van der Waals surface area contributed by atoms with Crippen LogP contribution in [0.2, 0.25) is 16.6 Å². The molecule has 3 aliphatic carbocycles. The molecule has 3 heteroatoms. The van der Waals surface area contributed by atoms with Gasteiger partial charge in [-0.15, -0.1) is 0 Å². The molecular formula is C23H42O2Si. The molecule has 0 spiro atoms. The molecule has 0 aliphatic heterocycles. The Labute approximate surface area is 163 Å². The molecule has 1 fully saturated rings. The van der Waals surface area contributed by atoms with Crippen molar-refractivity contribution >= 4 is 14.1 Å². The summed E-state index contributed by atoms with van der Waals surface area (Å²) in [5.74, 6) is 2.58. The fourth-order valence-electron chi connectivity index (χ4n) is 6.08. The molecule has 0 aromatic carbocycles. The summed E-state index contributed by atoms with van der Waals surface area (Å²) in [6, 6.07) is 0. The maximum absolute atomic E-state index is 12.4. The third-order valence-electron chi connectivity index (χ3n) is 7.62. The lowest BCUT2D eigenvalue weighted by molar-refractivity contribution is -0.133. The Hall–Kier alpha value is -0.413. The fraction of sp³-hybridized carbons (Fsp3) is 0.870. The van der Waals surface area contributed by atoms with Crippen LogP contribution in [0.4, 0.5) is 0 Å². The molecule has 0 aromatic heterocycles. The molecule has 1 saturated carbocycles. The molecule has 26 heavy (non-hydrogen) atoms. The van der Waals surface area contributed by atoms with E-state index in [0.29, 0.717) is 46.1 Å². The van der Waals surface area contributed by atoms with Gasteiger partial charge in [0.2, 0.25) is 0 Å². The van der Waals surface area contributed by atoms with Gasteiger partial charge in [0, 0.05) is 18.4 Å². The highest BCUT2D eigenvalue weighted by atomic mass is 28.4. The van der Waals surface area contributed by atoms with Gasteiger partial charge in [-0.25, -0.2) is 0 Å². The second-order valence-electron chi connectivity index (χ2n) is 10.5. The van der Waals surface area contributed by atoms with E-state index in [1.165, 1.54) is 0 Å². The van der Waals surface area contributed by atoms with E-state index in [-0.39, 0.29) is 5.41 Å². The highest BCUT2D eigenvalue weighted by molar-refractivity contribution is 6.77. The number of rotatable bonds is 8. The number of hydrogen-bond acceptors (Lipinski definition) is 2. The molecular weight excluding hydrogens is 336 g/mol. The van der Waals surface area contributed by atoms with Gasteiger partial charge in [-0.2, -0.15) is 0 Å². The first-order chi connectivity index (χ1) is 12.0. The SMILES string of the molecule is CC(C)[C@@H](CO[Si](C(C)C)(C(C)C)C(C)C)[C@H]1C[C@@]2(C)C=C[C@H]1CC2=O. The molecule has 2 nitrogen and oxygen atoms in total. The Balaban J connectivity index is 2.22. The van der Waals surface area contributed by atoms with Gasteiger partial charge in [0.25, 0.3) is 0 Å². The zero-order chi connectivity index (χ0) is 19.9. The van der Waals surface area contributed by atoms with Crippen LogP contribution < -0.4 is 0 Å². The molecule has 3 rings (SSSR count). The van der Waals surface area contributed by atoms with Gasteiger partial charge in [-0.05, 0) is 53.6 Å². The summed E-state index contributed by atoms with van der Waals surface area (Å²) < 4.78 is 6.99. The van der Waals surface area contributed by atoms with E-state index in [9.17, 15) is 4.79 Å². The molecule has 0 heterocycles. The van der Waals surface area contributed by atoms with Gasteiger partial charge < -0.3 is 4.43 Å². The second-order valence-corrected chi connectivity index (χ2v) is 15.9. The van der Waals surface area contributed by atoms with Gasteiger partial charge in [0.05, 0.1) is 0 Å². The standard InChI is InChI=1S/C23H42O2Si/c1-15(2)21(14-25-26(16(3)4,17(5)6)18(7)8)20-13-23(9)11-10-19(20)12-22(23)24/h10-11,15-21H,12-14H2,1-9H3/t19-,20-,21+,23+/m0/s1. The number of hydrogen-bond donors (Lipinski definition) is 0. The number of Topliss-reactive ketones (excluding diaryl/α,β-unsaturated/α-hetero) is 1. The van der Waals surface area contributed by atoms with Crippen molar-refractivity contribution in [3.8, 4) is 0 Å². The van der Waals surface area contributed by atoms with E-state index in [4.69, 9.17) is 4.43 Å². The van der Waals surface area contributed by atoms with Crippen molar-refractivity contribution in [3.63, 3.8) is 0 Å². The normalized spacial score (nSPS) is 30.3. The van der Waals surface area contributed by atoms with Crippen LogP contribution in [0.25, 0.3) is 0 Å². The Bertz CT molecular complexity index is 513. The van der Waals surface area contributed by atoms with Gasteiger partial charge in [-0.1, -0.05) is 67.5 Å². The molecule has 0 saturated heterocycles. The van der Waals surface area contributed by atoms with E-state index >= 15 is 0 Å². The minimum Gasteiger partial charge on any atom is -0.416 e. The summed E-state index contributed by atoms with van der Waals surface area (Å²) in [6.45, 7) is 21.9. The van der Waals surface area contributed by atoms with Crippen molar-refractivity contribution in [3.05, 3.63) is 12.2 Å². The summed E-state index contributed by atoms with van der Waals surface area (Å²) in [4.78, 5) is 12.4. The number of allylic oxidation sites excluding steroid dienone is 2. The van der Waals surface area contributed by atoms with E-state index in [1.54, 1.807) is 0 Å². The van der Waals surface area contributed by atoms with Crippen molar-refractivity contribution in [1.29, 1.82) is 0 Å². The van der Waals surface area contributed by atoms with E-state index in [0.717, 1.165) is 19.4 Å². The van der Waals surface area contributed by atoms with Crippen molar-refractivity contribution < 1.29 is 9.22 Å². The Morgan fingerprint density at radius 2 is 1.62 bits per heavy atom. The average molecular weight is 379 g/mol. The van der Waals surface area contributed by atoms with Crippen LogP contribution in [0, 0.1) is 29.1 Å². The zero-order valence-corrected chi connectivity index (χ0v) is 19.6. The maximum atomic E-state index is 12.4. The lowest BCUT2D eigenvalue weighted by Crippen LogP contribution is -2.51. The smallest absolute Gasteiger partial charge is 0.200 e. The van der Waals surface area contributed by atoms with Crippen molar-refractivity contribution in [1.82, 2.24) is 0 Å². The van der Waals surface area contributed by atoms with E-state index in [2.05, 4.69) is 74.5 Å². The lowest BCUT2D eigenvalue weighted by Gasteiger charge is -2.49. The Morgan fingerprint density at radius 3 is 2.00 bits per heavy atom. The first-order valence-electron chi connectivity index (χ1n) is 10.8. The number of fused-ring (bicyclic) bond motifs is 2. The Kier molecular flexibility index (Phi) is 6.66. The quantitative estimate of drug-likeness (QED) is 0.350. The van der Waals surface area contributed by atoms with Crippen LogP contribution in [0.15, 0.2) is 12.2 Å². The van der Waals surface area contributed by atoms with Crippen LogP contribution >= 0.6 is 0 Å². The molecule has 3 aliphatic rings. The summed E-state index contributed by atoms with van der Waals surface area (Å²) in [5.41, 5.74) is 1.64. The topological polar surface area (TPSA) is 26.3 Å². The number of carbonyl (C=O) groups is 1. The van der Waals surface area contributed by atoms with Gasteiger partial charge in [0.15, 0.2) is 8.32 Å². The Morgan fingerprint density at radius 1 is 1.08 bits per heavy atom. The molecule has 2 bridgehead atoms. The third-order valence-corrected chi connectivity index (χ3v) is 13.7. The molecule has 0 N–H and O–H groups in total. The van der Waals surface area contributed by atoms with Crippen LogP contribution in [0.3, 0.4) is 0 Å². The predicted molar refractivity (Wildman–Crippen MR) is 114 cm³/mol. The minimum absolute atomic E-state index is 0.227. The average Bonchev–Trinajstić information content (AvgIpc) is 2.51. The van der Waals surface area contributed by atoms with Crippen LogP contribution in [0.5, 0.6) is 0 Å². The van der Waals surface area contributed by atoms with E-state index in [1.807, 2.05) is 0 Å². The van der Waals surface area contributed by atoms with Gasteiger partial charge >= 0.3 is 0 Å². The van der Waals surface area contributed by atoms with Gasteiger partial charge in [0.1, 0.15) is 5.78 Å². The first kappa shape index (κ1) is 21.9. The van der Waals surface area contributed by atoms with Crippen LogP contribution in [-0.2, 0) is 9.22 Å². The third kappa shape index (κ3) is 3.76. The maximum Gasteiger partial charge on any atom is 0.200 e. The van der Waals surface area contributed by atoms with Crippen molar-refractivity contribution in [2.75, 3.05) is 6.61 Å². The monoisotopic (exact) mass is 378 g/mol. The predicted octanol–water partition coefficient (Wildman–Crippen LogP) is 6.62. The fourth-order valence-corrected chi connectivity index (χ4v) is 11.6. The molecule has 0 amide bonds. The summed E-state index contributed by atoms with van der Waals surface area (Å²) in [7, 11) is -1.84. The number of carbonyl (C=O) groups excluding carboxylic acids is 1. The second kappa shape index (κ2) is 7.91. The highest BCUT2D eigenvalue weighted by Gasteiger charge is 2.50. The molecule has 4 atom stereocenters. The summed E-state index contributed by atoms with van der Waals surface area (Å²) >= 11 is 0. The van der Waals surface area contributed by atoms with Crippen molar-refractivity contribution in [2.45, 2.75) is 91.8 Å². The van der Waals surface area contributed by atoms with Crippen molar-refractivity contribution in [2.24, 2.45) is 29.1 Å². The molecule has 150 valence electrons. The summed E-state index contributed by atoms with van der Waals surface area (Å²) in [6.07, 6.45) is 6.28.